The van der Waals surface area contributed by atoms with Crippen LogP contribution in [0.3, 0.4) is 0 Å². The maximum atomic E-state index is 11.9. The Hall–Kier alpha value is -8.51. The Kier molecular flexibility index (Phi) is 35.8. The third kappa shape index (κ3) is 23.3. The van der Waals surface area contributed by atoms with Gasteiger partial charge in [-0.25, -0.2) is 0 Å². The van der Waals surface area contributed by atoms with E-state index in [4.69, 9.17) is 84.3 Å². The van der Waals surface area contributed by atoms with Crippen LogP contribution in [0.2, 0.25) is 15.1 Å². The Morgan fingerprint density at radius 3 is 0.794 bits per heavy atom. The fourth-order valence-electron chi connectivity index (χ4n) is 22.4. The van der Waals surface area contributed by atoms with Gasteiger partial charge in [0.15, 0.2) is 37.7 Å². The zero-order valence-corrected chi connectivity index (χ0v) is 88.5. The Labute approximate surface area is 837 Å². The first kappa shape index (κ1) is 107. The third-order valence-corrected chi connectivity index (χ3v) is 45.3. The number of methoxy groups -OCH3 is 1. The molecule has 6 aliphatic rings. The van der Waals surface area contributed by atoms with Crippen LogP contribution in [-0.2, 0) is 104 Å². The van der Waals surface area contributed by atoms with Crippen LogP contribution in [0.5, 0.6) is 0 Å². The SMILES string of the molecule is CO[C@H]1OC(CO[Si](c2ccccc2)(c2ccccc2)C(C)(C)C)[C@@H](O[C@@H]2OC(C)[C@H](O[C@@H]3OC(CO[Si](c4ccccc4)(c4ccccc4)C(C)(C)C)[C@@H](O[C@@H]4OC(C)[C@@H](OC5OC(CO[Si](c6ccccc6)(c6ccccc6)C(C)(C)C)[C@@H](O[C@@H]6OC(C)[C@@H](O)[C@@H](OCc7ccccc7)C6C)[C@H](C)C5N=[N+]=[N-])[C@@H](OCc5ccccc5)C4C)[C@H](C)C3N=[N+]=[N-])[C@@H](OCc3ccccc3)C2C)[C@H](C)C1C. The molecule has 0 aromatic heterocycles. The summed E-state index contributed by atoms with van der Waals surface area (Å²) in [6.45, 7) is 41.0. The topological polar surface area (TPSA) is 284 Å². The maximum Gasteiger partial charge on any atom is 0.261 e. The third-order valence-electron chi connectivity index (χ3n) is 30.3. The minimum absolute atomic E-state index is 0.0135. The van der Waals surface area contributed by atoms with Crippen molar-refractivity contribution in [2.24, 2.45) is 51.7 Å². The lowest BCUT2D eigenvalue weighted by atomic mass is 9.84. The summed E-state index contributed by atoms with van der Waals surface area (Å²) < 4.78 is 133. The van der Waals surface area contributed by atoms with Gasteiger partial charge >= 0.3 is 0 Å². The van der Waals surface area contributed by atoms with E-state index in [0.717, 1.165) is 47.8 Å². The number of benzene rings is 9. The van der Waals surface area contributed by atoms with E-state index in [1.807, 2.05) is 176 Å². The number of hydrogen-bond acceptors (Lipinski definition) is 21. The quantitative estimate of drug-likeness (QED) is 0.0164. The highest BCUT2D eigenvalue weighted by atomic mass is 28.4. The van der Waals surface area contributed by atoms with Crippen LogP contribution in [0.15, 0.2) is 283 Å². The van der Waals surface area contributed by atoms with Crippen molar-refractivity contribution in [1.82, 2.24) is 0 Å². The van der Waals surface area contributed by atoms with Crippen LogP contribution < -0.4 is 31.1 Å². The molecule has 756 valence electrons. The number of azide groups is 2. The van der Waals surface area contributed by atoms with E-state index in [9.17, 15) is 16.2 Å². The molecule has 1 N–H and O–H groups in total. The number of rotatable bonds is 37. The molecule has 6 saturated heterocycles. The Bertz CT molecular complexity index is 5320. The number of nitrogens with zero attached hydrogens (tertiary/aromatic N) is 6. The monoisotopic (exact) mass is 1980 g/mol. The highest BCUT2D eigenvalue weighted by Crippen LogP contribution is 2.48. The molecule has 0 bridgehead atoms. The number of aliphatic hydroxyl groups is 1. The maximum absolute atomic E-state index is 11.9. The van der Waals surface area contributed by atoms with Gasteiger partial charge in [0.2, 0.25) is 0 Å². The summed E-state index contributed by atoms with van der Waals surface area (Å²) in [4.78, 5) is 7.15. The van der Waals surface area contributed by atoms with Crippen molar-refractivity contribution in [3.8, 4) is 0 Å². The largest absolute Gasteiger partial charge is 0.405 e. The molecule has 0 spiro atoms. The predicted molar refractivity (Wildman–Crippen MR) is 552 cm³/mol. The normalized spacial score (nSPS) is 31.9. The summed E-state index contributed by atoms with van der Waals surface area (Å²) in [6, 6.07) is 90.7. The van der Waals surface area contributed by atoms with E-state index in [1.165, 1.54) is 0 Å². The van der Waals surface area contributed by atoms with Gasteiger partial charge < -0.3 is 89.4 Å². The second-order valence-corrected chi connectivity index (χ2v) is 55.5. The summed E-state index contributed by atoms with van der Waals surface area (Å²) in [5.41, 5.74) is 24.8. The lowest BCUT2D eigenvalue weighted by Gasteiger charge is -2.52. The molecule has 25 nitrogen and oxygen atoms in total. The van der Waals surface area contributed by atoms with Gasteiger partial charge in [-0.2, -0.15) is 0 Å². The molecule has 0 aliphatic carbocycles. The fraction of sp³-hybridized carbons (Fsp3) is 0.522. The first-order valence-corrected chi connectivity index (χ1v) is 56.2. The highest BCUT2D eigenvalue weighted by molar-refractivity contribution is 7.00. The smallest absolute Gasteiger partial charge is 0.261 e. The Balaban J connectivity index is 0.768. The molecule has 6 heterocycles. The van der Waals surface area contributed by atoms with E-state index in [0.29, 0.717) is 0 Å². The van der Waals surface area contributed by atoms with Crippen molar-refractivity contribution in [2.75, 3.05) is 26.9 Å². The van der Waals surface area contributed by atoms with Crippen LogP contribution >= 0.6 is 0 Å². The van der Waals surface area contributed by atoms with E-state index in [2.05, 4.69) is 249 Å². The van der Waals surface area contributed by atoms with Gasteiger partial charge in [-0.05, 0) is 113 Å². The second kappa shape index (κ2) is 47.3. The molecule has 0 saturated carbocycles. The summed E-state index contributed by atoms with van der Waals surface area (Å²) >= 11 is 0. The molecular formula is C113H148N6O19Si3. The first-order valence-electron chi connectivity index (χ1n) is 50.5. The van der Waals surface area contributed by atoms with Crippen molar-refractivity contribution in [1.29, 1.82) is 0 Å². The highest BCUT2D eigenvalue weighted by Gasteiger charge is 2.61. The molecule has 15 rings (SSSR count). The van der Waals surface area contributed by atoms with Crippen molar-refractivity contribution < 1.29 is 89.4 Å². The van der Waals surface area contributed by atoms with Gasteiger partial charge in [0.05, 0.1) is 107 Å². The molecule has 6 aliphatic heterocycles. The van der Waals surface area contributed by atoms with Gasteiger partial charge in [-0.3, -0.25) is 0 Å². The lowest BCUT2D eigenvalue weighted by Crippen LogP contribution is -2.68. The van der Waals surface area contributed by atoms with Gasteiger partial charge in [0, 0.05) is 40.6 Å². The van der Waals surface area contributed by atoms with Crippen molar-refractivity contribution in [3.63, 3.8) is 0 Å². The average Bonchev–Trinajstić information content (AvgIpc) is 0.731. The molecule has 141 heavy (non-hydrogen) atoms. The Morgan fingerprint density at radius 1 is 0.284 bits per heavy atom. The lowest BCUT2D eigenvalue weighted by molar-refractivity contribution is -0.370. The van der Waals surface area contributed by atoms with Crippen LogP contribution in [0, 0.1) is 41.4 Å². The molecule has 0 amide bonds. The summed E-state index contributed by atoms with van der Waals surface area (Å²) in [7, 11) is -8.18. The molecular weight excluding hydrogens is 1830 g/mol. The minimum atomic E-state index is -3.41. The molecule has 9 aromatic carbocycles. The molecule has 28 heteroatoms. The van der Waals surface area contributed by atoms with Crippen molar-refractivity contribution >= 4 is 56.1 Å². The van der Waals surface area contributed by atoms with Crippen molar-refractivity contribution in [2.45, 2.75) is 308 Å². The molecule has 9 aromatic rings. The van der Waals surface area contributed by atoms with Gasteiger partial charge in [-0.15, -0.1) is 0 Å². The predicted octanol–water partition coefficient (Wildman–Crippen LogP) is 18.6. The van der Waals surface area contributed by atoms with E-state index >= 15 is 0 Å². The van der Waals surface area contributed by atoms with Crippen LogP contribution in [0.25, 0.3) is 20.9 Å². The van der Waals surface area contributed by atoms with Gasteiger partial charge in [0.1, 0.15) is 36.6 Å². The summed E-state index contributed by atoms with van der Waals surface area (Å²) in [5, 5.41) is 26.4. The molecule has 6 fully saturated rings. The van der Waals surface area contributed by atoms with Gasteiger partial charge in [0.25, 0.3) is 25.0 Å². The fourth-order valence-corrected chi connectivity index (χ4v) is 36.1. The Morgan fingerprint density at radius 2 is 0.525 bits per heavy atom. The van der Waals surface area contributed by atoms with Crippen LogP contribution in [-0.4, -0.2) is 198 Å². The molecule has 13 unspecified atom stereocenters. The number of ether oxygens (including phenoxy) is 15. The van der Waals surface area contributed by atoms with E-state index in [-0.39, 0.29) is 56.5 Å². The number of aliphatic hydroxyl groups excluding tert-OH is 1. The molecule has 0 radical (unpaired) electrons. The minimum Gasteiger partial charge on any atom is -0.405 e. The summed E-state index contributed by atoms with van der Waals surface area (Å²) in [5.74, 6) is -3.31. The first-order chi connectivity index (χ1) is 67.7. The number of hydrogen-bond donors (Lipinski definition) is 1. The van der Waals surface area contributed by atoms with Crippen LogP contribution in [0.4, 0.5) is 0 Å². The molecule has 30 atom stereocenters. The van der Waals surface area contributed by atoms with E-state index < -0.39 is 206 Å². The van der Waals surface area contributed by atoms with Crippen molar-refractivity contribution in [3.05, 3.63) is 311 Å². The average molecular weight is 1980 g/mol. The van der Waals surface area contributed by atoms with Crippen LogP contribution in [0.1, 0.15) is 148 Å². The zero-order chi connectivity index (χ0) is 100. The summed E-state index contributed by atoms with van der Waals surface area (Å²) in [6.07, 6.45) is -18.4. The standard InChI is InChI=1S/C113H148N6O19Si3/c1-72-73(2)105(121-20)131-91(69-125-139(111(11,12)13,85-54-36-24-37-55-85)86-56-38-25-39-57-86)97(72)134-107-77(6)101(123-67-83-50-32-22-33-51-83)103(80(9)129-107)137-110-95(117-119-115)75(4)99(93(133-110)71-127-141(113(17,18)19,89-62-44-28-45-63-89)90-64-46-29-47-65-90)136-108-78(7)102(124-68-84-52-34-23-35-53-84)104(81(10)130-108)138-109-94(116-118-114)74(3)98(135-106-76(5)100(96(120)79(8)128-106)122-66-82-48-30-21-31-49-82)92(132-109)70-126-140(112(14,15)16,87-58-40-26-41-59-87)88-60-42-27-43-61-88/h21-65,72-81,91-110,120H,66-71H2,1-20H3/t72-,73?,74-,75-,76?,77?,78?,79?,80?,81?,91?,92?,93?,94?,95?,96-,97+,98+,99+,100+,101+,102+,103+,104-,105+,106+,107+,108+,109?,110+/m1/s1. The second-order valence-electron chi connectivity index (χ2n) is 42.6. The zero-order valence-electron chi connectivity index (χ0n) is 85.5. The van der Waals surface area contributed by atoms with E-state index in [1.54, 1.807) is 7.11 Å². The van der Waals surface area contributed by atoms with Gasteiger partial charge in [-0.1, -0.05) is 394 Å².